The minimum Gasteiger partial charge on any atom is -0.323 e. The van der Waals surface area contributed by atoms with Gasteiger partial charge < -0.3 is 5.73 Å². The summed E-state index contributed by atoms with van der Waals surface area (Å²) in [5.41, 5.74) is 5.72. The highest BCUT2D eigenvalue weighted by molar-refractivity contribution is 7.11. The average Bonchev–Trinajstić information content (AvgIpc) is 2.68. The molecule has 0 aliphatic heterocycles. The third kappa shape index (κ3) is 1.44. The number of rotatable bonds is 2. The third-order valence-corrected chi connectivity index (χ3v) is 3.28. The van der Waals surface area contributed by atoms with Crippen molar-refractivity contribution >= 4 is 11.3 Å². The van der Waals surface area contributed by atoms with E-state index in [0.717, 1.165) is 5.92 Å². The maximum absolute atomic E-state index is 5.72. The maximum atomic E-state index is 5.72. The van der Waals surface area contributed by atoms with Gasteiger partial charge in [-0.1, -0.05) is 0 Å². The van der Waals surface area contributed by atoms with E-state index >= 15 is 0 Å². The summed E-state index contributed by atoms with van der Waals surface area (Å²) in [6, 6.07) is 0.153. The smallest absolute Gasteiger partial charge is 0.0959 e. The summed E-state index contributed by atoms with van der Waals surface area (Å²) in [5.74, 6) is 0.771. The minimum absolute atomic E-state index is 0.153. The van der Waals surface area contributed by atoms with Crippen LogP contribution in [-0.4, -0.2) is 4.98 Å². The molecule has 3 heteroatoms. The Morgan fingerprint density at radius 3 is 2.91 bits per heavy atom. The van der Waals surface area contributed by atoms with Crippen LogP contribution in [0.4, 0.5) is 0 Å². The third-order valence-electron chi connectivity index (χ3n) is 1.92. The lowest BCUT2D eigenvalue weighted by Gasteiger charge is -1.96. The van der Waals surface area contributed by atoms with Gasteiger partial charge in [0.1, 0.15) is 0 Å². The van der Waals surface area contributed by atoms with E-state index in [1.54, 1.807) is 11.3 Å². The number of nitrogens with two attached hydrogens (primary N) is 1. The first-order valence-electron chi connectivity index (χ1n) is 3.98. The lowest BCUT2D eigenvalue weighted by atomic mass is 10.3. The highest BCUT2D eigenvalue weighted by Crippen LogP contribution is 2.42. The lowest BCUT2D eigenvalue weighted by Crippen LogP contribution is -2.01. The zero-order valence-electron chi connectivity index (χ0n) is 6.58. The zero-order valence-corrected chi connectivity index (χ0v) is 7.40. The van der Waals surface area contributed by atoms with Crippen molar-refractivity contribution in [2.75, 3.05) is 0 Å². The van der Waals surface area contributed by atoms with Gasteiger partial charge in [0.2, 0.25) is 0 Å². The standard InChI is InChI=1S/C8H12N2S/c1-5(9)7-4-10-8(11-7)6-2-3-6/h4-6H,2-3,9H2,1H3. The van der Waals surface area contributed by atoms with Gasteiger partial charge in [0.05, 0.1) is 5.01 Å². The van der Waals surface area contributed by atoms with Crippen LogP contribution in [0.2, 0.25) is 0 Å². The summed E-state index contributed by atoms with van der Waals surface area (Å²) in [6.07, 6.45) is 4.57. The van der Waals surface area contributed by atoms with Gasteiger partial charge >= 0.3 is 0 Å². The Balaban J connectivity index is 2.18. The molecule has 1 aliphatic carbocycles. The van der Waals surface area contributed by atoms with Gasteiger partial charge in [-0.25, -0.2) is 4.98 Å². The van der Waals surface area contributed by atoms with Gasteiger partial charge in [0.15, 0.2) is 0 Å². The second-order valence-electron chi connectivity index (χ2n) is 3.16. The van der Waals surface area contributed by atoms with E-state index < -0.39 is 0 Å². The molecule has 2 rings (SSSR count). The normalized spacial score (nSPS) is 20.2. The molecule has 2 nitrogen and oxygen atoms in total. The van der Waals surface area contributed by atoms with Crippen LogP contribution < -0.4 is 5.73 Å². The summed E-state index contributed by atoms with van der Waals surface area (Å²) in [7, 11) is 0. The van der Waals surface area contributed by atoms with Crippen LogP contribution in [0.1, 0.15) is 41.6 Å². The van der Waals surface area contributed by atoms with Crippen molar-refractivity contribution < 1.29 is 0 Å². The molecule has 1 saturated carbocycles. The molecular weight excluding hydrogens is 156 g/mol. The van der Waals surface area contributed by atoms with E-state index in [-0.39, 0.29) is 6.04 Å². The summed E-state index contributed by atoms with van der Waals surface area (Å²) in [5, 5.41) is 1.29. The first kappa shape index (κ1) is 7.25. The Morgan fingerprint density at radius 2 is 2.45 bits per heavy atom. The molecule has 2 N–H and O–H groups in total. The van der Waals surface area contributed by atoms with Gasteiger partial charge in [-0.2, -0.15) is 0 Å². The van der Waals surface area contributed by atoms with E-state index in [4.69, 9.17) is 5.73 Å². The molecule has 1 unspecified atom stereocenters. The summed E-state index contributed by atoms with van der Waals surface area (Å²) in [6.45, 7) is 2.00. The summed E-state index contributed by atoms with van der Waals surface area (Å²) >= 11 is 1.78. The predicted octanol–water partition coefficient (Wildman–Crippen LogP) is 2.04. The van der Waals surface area contributed by atoms with Gasteiger partial charge in [-0.15, -0.1) is 11.3 Å². The second kappa shape index (κ2) is 2.57. The van der Waals surface area contributed by atoms with Crippen LogP contribution in [0.15, 0.2) is 6.20 Å². The largest absolute Gasteiger partial charge is 0.323 e. The first-order valence-corrected chi connectivity index (χ1v) is 4.80. The molecule has 0 radical (unpaired) electrons. The quantitative estimate of drug-likeness (QED) is 0.734. The Bertz CT molecular complexity index is 234. The molecule has 0 spiro atoms. The van der Waals surface area contributed by atoms with E-state index in [9.17, 15) is 0 Å². The Kier molecular flexibility index (Phi) is 1.69. The monoisotopic (exact) mass is 168 g/mol. The van der Waals surface area contributed by atoms with Crippen LogP contribution in [0.3, 0.4) is 0 Å². The van der Waals surface area contributed by atoms with E-state index in [0.29, 0.717) is 0 Å². The molecular formula is C8H12N2S. The van der Waals surface area contributed by atoms with Gasteiger partial charge in [-0.3, -0.25) is 0 Å². The minimum atomic E-state index is 0.153. The predicted molar refractivity (Wildman–Crippen MR) is 46.7 cm³/mol. The number of hydrogen-bond acceptors (Lipinski definition) is 3. The fourth-order valence-electron chi connectivity index (χ4n) is 1.03. The average molecular weight is 168 g/mol. The van der Waals surface area contributed by atoms with Crippen molar-refractivity contribution in [1.82, 2.24) is 4.98 Å². The maximum Gasteiger partial charge on any atom is 0.0959 e. The Morgan fingerprint density at radius 1 is 1.73 bits per heavy atom. The molecule has 0 amide bonds. The molecule has 0 bridgehead atoms. The van der Waals surface area contributed by atoms with Crippen LogP contribution in [0.5, 0.6) is 0 Å². The number of thiazole rings is 1. The van der Waals surface area contributed by atoms with Crippen molar-refractivity contribution in [2.45, 2.75) is 31.7 Å². The van der Waals surface area contributed by atoms with Gasteiger partial charge in [0, 0.05) is 23.0 Å². The lowest BCUT2D eigenvalue weighted by molar-refractivity contribution is 0.835. The van der Waals surface area contributed by atoms with Crippen molar-refractivity contribution in [3.8, 4) is 0 Å². The van der Waals surface area contributed by atoms with Crippen molar-refractivity contribution in [3.63, 3.8) is 0 Å². The van der Waals surface area contributed by atoms with Crippen molar-refractivity contribution in [1.29, 1.82) is 0 Å². The molecule has 60 valence electrons. The number of aromatic nitrogens is 1. The molecule has 1 fully saturated rings. The molecule has 1 heterocycles. The molecule has 0 aromatic carbocycles. The van der Waals surface area contributed by atoms with Crippen LogP contribution >= 0.6 is 11.3 Å². The fraction of sp³-hybridized carbons (Fsp3) is 0.625. The molecule has 1 aliphatic rings. The van der Waals surface area contributed by atoms with Gasteiger partial charge in [0.25, 0.3) is 0 Å². The number of nitrogens with zero attached hydrogens (tertiary/aromatic N) is 1. The molecule has 1 aromatic rings. The highest BCUT2D eigenvalue weighted by atomic mass is 32.1. The molecule has 11 heavy (non-hydrogen) atoms. The molecule has 1 aromatic heterocycles. The fourth-order valence-corrected chi connectivity index (χ4v) is 2.07. The van der Waals surface area contributed by atoms with Crippen LogP contribution in [0.25, 0.3) is 0 Å². The first-order chi connectivity index (χ1) is 5.27. The van der Waals surface area contributed by atoms with Crippen molar-refractivity contribution in [2.24, 2.45) is 5.73 Å². The summed E-state index contributed by atoms with van der Waals surface area (Å²) in [4.78, 5) is 5.55. The van der Waals surface area contributed by atoms with Crippen LogP contribution in [-0.2, 0) is 0 Å². The zero-order chi connectivity index (χ0) is 7.84. The van der Waals surface area contributed by atoms with Gasteiger partial charge in [-0.05, 0) is 19.8 Å². The molecule has 1 atom stereocenters. The SMILES string of the molecule is CC(N)c1cnc(C2CC2)s1. The van der Waals surface area contributed by atoms with E-state index in [1.807, 2.05) is 13.1 Å². The van der Waals surface area contributed by atoms with Crippen LogP contribution in [0, 0.1) is 0 Å². The molecule has 0 saturated heterocycles. The van der Waals surface area contributed by atoms with Crippen molar-refractivity contribution in [3.05, 3.63) is 16.1 Å². The van der Waals surface area contributed by atoms with E-state index in [1.165, 1.54) is 22.7 Å². The van der Waals surface area contributed by atoms with E-state index in [2.05, 4.69) is 4.98 Å². The topological polar surface area (TPSA) is 38.9 Å². The Hall–Kier alpha value is -0.410. The Labute approximate surface area is 70.5 Å². The second-order valence-corrected chi connectivity index (χ2v) is 4.26. The number of hydrogen-bond donors (Lipinski definition) is 1. The highest BCUT2D eigenvalue weighted by Gasteiger charge is 2.26. The summed E-state index contributed by atoms with van der Waals surface area (Å²) < 4.78 is 0.